The molecule has 2 aromatic carbocycles. The summed E-state index contributed by atoms with van der Waals surface area (Å²) in [6, 6.07) is 12.1. The van der Waals surface area contributed by atoms with Gasteiger partial charge in [0, 0.05) is 11.5 Å². The van der Waals surface area contributed by atoms with E-state index in [0.717, 1.165) is 28.5 Å². The molecule has 1 N–H and O–H groups in total. The third-order valence-electron chi connectivity index (χ3n) is 6.21. The van der Waals surface area contributed by atoms with E-state index in [1.54, 1.807) is 6.21 Å². The van der Waals surface area contributed by atoms with E-state index in [1.807, 2.05) is 31.2 Å². The van der Waals surface area contributed by atoms with Gasteiger partial charge in [0.2, 0.25) is 5.91 Å². The highest BCUT2D eigenvalue weighted by molar-refractivity contribution is 6.02. The van der Waals surface area contributed by atoms with E-state index in [-0.39, 0.29) is 17.2 Å². The fraction of sp³-hybridized carbons (Fsp3) is 0.455. The number of carbonyl (C=O) groups is 1. The first-order chi connectivity index (χ1) is 12.6. The van der Waals surface area contributed by atoms with Gasteiger partial charge in [-0.2, -0.15) is 5.10 Å². The van der Waals surface area contributed by atoms with Crippen LogP contribution >= 0.6 is 0 Å². The Kier molecular flexibility index (Phi) is 4.43. The molecular formula is C22H26N2O2. The number of nitrogens with one attached hydrogen (secondary N) is 1. The molecule has 2 aliphatic rings. The summed E-state index contributed by atoms with van der Waals surface area (Å²) in [6.07, 6.45) is 6.56. The van der Waals surface area contributed by atoms with Gasteiger partial charge in [-0.1, -0.05) is 50.1 Å². The summed E-state index contributed by atoms with van der Waals surface area (Å²) in [7, 11) is 0. The molecule has 2 saturated carbocycles. The topological polar surface area (TPSA) is 50.7 Å². The second-order valence-electron chi connectivity index (χ2n) is 7.70. The highest BCUT2D eigenvalue weighted by Gasteiger charge is 2.64. The Morgan fingerprint density at radius 2 is 2.15 bits per heavy atom. The number of amides is 1. The maximum absolute atomic E-state index is 12.6. The molecule has 3 atom stereocenters. The van der Waals surface area contributed by atoms with E-state index in [2.05, 4.69) is 29.6 Å². The van der Waals surface area contributed by atoms with Crippen LogP contribution in [0.25, 0.3) is 10.8 Å². The van der Waals surface area contributed by atoms with E-state index in [0.29, 0.717) is 12.5 Å². The second kappa shape index (κ2) is 6.75. The zero-order chi connectivity index (χ0) is 18.1. The van der Waals surface area contributed by atoms with Gasteiger partial charge >= 0.3 is 0 Å². The second-order valence-corrected chi connectivity index (χ2v) is 7.70. The van der Waals surface area contributed by atoms with Gasteiger partial charge in [0.1, 0.15) is 5.75 Å². The largest absolute Gasteiger partial charge is 0.493 e. The summed E-state index contributed by atoms with van der Waals surface area (Å²) in [5.74, 6) is 1.52. The predicted molar refractivity (Wildman–Crippen MR) is 104 cm³/mol. The summed E-state index contributed by atoms with van der Waals surface area (Å²) in [5, 5.41) is 6.48. The predicted octanol–water partition coefficient (Wildman–Crippen LogP) is 4.51. The molecule has 26 heavy (non-hydrogen) atoms. The van der Waals surface area contributed by atoms with Crippen molar-refractivity contribution in [1.82, 2.24) is 5.43 Å². The Balaban J connectivity index is 1.53. The van der Waals surface area contributed by atoms with Crippen LogP contribution in [0.3, 0.4) is 0 Å². The van der Waals surface area contributed by atoms with Gasteiger partial charge in [0.05, 0.1) is 12.8 Å². The highest BCUT2D eigenvalue weighted by atomic mass is 16.5. The molecule has 2 aliphatic carbocycles. The summed E-state index contributed by atoms with van der Waals surface area (Å²) >= 11 is 0. The molecule has 136 valence electrons. The zero-order valence-corrected chi connectivity index (χ0v) is 15.5. The molecule has 1 amide bonds. The van der Waals surface area contributed by atoms with Crippen LogP contribution in [0.4, 0.5) is 0 Å². The average Bonchev–Trinajstić information content (AvgIpc) is 3.29. The van der Waals surface area contributed by atoms with Crippen molar-refractivity contribution in [2.24, 2.45) is 22.4 Å². The fourth-order valence-electron chi connectivity index (χ4n) is 4.77. The van der Waals surface area contributed by atoms with Crippen molar-refractivity contribution in [2.75, 3.05) is 6.61 Å². The summed E-state index contributed by atoms with van der Waals surface area (Å²) in [5.41, 5.74) is 3.89. The van der Waals surface area contributed by atoms with Gasteiger partial charge in [-0.3, -0.25) is 4.79 Å². The fourth-order valence-corrected chi connectivity index (χ4v) is 4.77. The van der Waals surface area contributed by atoms with Gasteiger partial charge in [-0.15, -0.1) is 0 Å². The van der Waals surface area contributed by atoms with Gasteiger partial charge in [0.15, 0.2) is 0 Å². The van der Waals surface area contributed by atoms with E-state index >= 15 is 0 Å². The van der Waals surface area contributed by atoms with E-state index < -0.39 is 0 Å². The van der Waals surface area contributed by atoms with Crippen molar-refractivity contribution in [3.63, 3.8) is 0 Å². The first-order valence-electron chi connectivity index (χ1n) is 9.62. The monoisotopic (exact) mass is 350 g/mol. The van der Waals surface area contributed by atoms with Crippen molar-refractivity contribution in [3.05, 3.63) is 42.0 Å². The summed E-state index contributed by atoms with van der Waals surface area (Å²) in [4.78, 5) is 12.6. The first kappa shape index (κ1) is 17.1. The molecule has 4 nitrogen and oxygen atoms in total. The standard InChI is InChI=1S/C22H26N2O2/c1-3-26-19-12-11-15-8-4-5-9-16(15)17(19)14-23-24-21(25)20-18-10-6-7-13-22(18,20)2/h4-5,8-9,11-12,14,18,20H,3,6-7,10,13H2,1-2H3,(H,24,25)/b23-14+/t18-,20+,22-/m1/s1. The Bertz CT molecular complexity index is 860. The first-order valence-corrected chi connectivity index (χ1v) is 9.62. The molecule has 0 unspecified atom stereocenters. The molecule has 2 aromatic rings. The van der Waals surface area contributed by atoms with Gasteiger partial charge in [-0.05, 0) is 47.9 Å². The van der Waals surface area contributed by atoms with E-state index in [9.17, 15) is 4.79 Å². The lowest BCUT2D eigenvalue weighted by molar-refractivity contribution is -0.123. The number of hydrogen-bond donors (Lipinski definition) is 1. The third-order valence-corrected chi connectivity index (χ3v) is 6.21. The van der Waals surface area contributed by atoms with Crippen molar-refractivity contribution in [3.8, 4) is 5.75 Å². The maximum Gasteiger partial charge on any atom is 0.244 e. The van der Waals surface area contributed by atoms with Crippen molar-refractivity contribution < 1.29 is 9.53 Å². The lowest BCUT2D eigenvalue weighted by Gasteiger charge is -2.15. The number of fused-ring (bicyclic) bond motifs is 2. The van der Waals surface area contributed by atoms with Crippen LogP contribution in [0.2, 0.25) is 0 Å². The van der Waals surface area contributed by atoms with Crippen molar-refractivity contribution in [1.29, 1.82) is 0 Å². The molecule has 0 spiro atoms. The Morgan fingerprint density at radius 1 is 1.31 bits per heavy atom. The van der Waals surface area contributed by atoms with Crippen molar-refractivity contribution in [2.45, 2.75) is 39.5 Å². The van der Waals surface area contributed by atoms with Gasteiger partial charge in [0.25, 0.3) is 0 Å². The number of benzene rings is 2. The molecule has 4 rings (SSSR count). The van der Waals surface area contributed by atoms with E-state index in [1.165, 1.54) is 19.3 Å². The molecule has 4 heteroatoms. The number of hydrogen-bond acceptors (Lipinski definition) is 3. The minimum absolute atomic E-state index is 0.0637. The van der Waals surface area contributed by atoms with Crippen LogP contribution in [-0.4, -0.2) is 18.7 Å². The number of ether oxygens (including phenoxy) is 1. The summed E-state index contributed by atoms with van der Waals surface area (Å²) < 4.78 is 5.75. The lowest BCUT2D eigenvalue weighted by atomic mass is 9.90. The number of carbonyl (C=O) groups excluding carboxylic acids is 1. The van der Waals surface area contributed by atoms with Crippen LogP contribution in [0.5, 0.6) is 5.75 Å². The molecule has 0 heterocycles. The van der Waals surface area contributed by atoms with Crippen molar-refractivity contribution >= 4 is 22.9 Å². The van der Waals surface area contributed by atoms with Crippen LogP contribution in [0.1, 0.15) is 45.1 Å². The SMILES string of the molecule is CCOc1ccc2ccccc2c1/C=N/NC(=O)[C@@H]1[C@H]2CCCC[C@]21C. The number of hydrazone groups is 1. The highest BCUT2D eigenvalue weighted by Crippen LogP contribution is 2.66. The number of nitrogens with zero attached hydrogens (tertiary/aromatic N) is 1. The summed E-state index contributed by atoms with van der Waals surface area (Å²) in [6.45, 7) is 4.81. The van der Waals surface area contributed by atoms with Crippen LogP contribution in [0.15, 0.2) is 41.5 Å². The molecule has 0 bridgehead atoms. The maximum atomic E-state index is 12.6. The average molecular weight is 350 g/mol. The quantitative estimate of drug-likeness (QED) is 0.637. The van der Waals surface area contributed by atoms with Crippen LogP contribution in [-0.2, 0) is 4.79 Å². The Labute approximate surface area is 154 Å². The molecule has 0 saturated heterocycles. The molecule has 2 fully saturated rings. The van der Waals surface area contributed by atoms with Crippen LogP contribution < -0.4 is 10.2 Å². The van der Waals surface area contributed by atoms with Gasteiger partial charge in [-0.25, -0.2) is 5.43 Å². The molecule has 0 aromatic heterocycles. The molecule has 0 aliphatic heterocycles. The van der Waals surface area contributed by atoms with Gasteiger partial charge < -0.3 is 4.74 Å². The number of rotatable bonds is 5. The lowest BCUT2D eigenvalue weighted by Crippen LogP contribution is -2.22. The zero-order valence-electron chi connectivity index (χ0n) is 15.5. The normalized spacial score (nSPS) is 27.3. The Morgan fingerprint density at radius 3 is 2.92 bits per heavy atom. The minimum Gasteiger partial charge on any atom is -0.493 e. The minimum atomic E-state index is 0.0637. The third kappa shape index (κ3) is 2.87. The molecular weight excluding hydrogens is 324 g/mol. The molecule has 0 radical (unpaired) electrons. The smallest absolute Gasteiger partial charge is 0.244 e. The van der Waals surface area contributed by atoms with E-state index in [4.69, 9.17) is 4.74 Å². The Hall–Kier alpha value is -2.36. The van der Waals surface area contributed by atoms with Crippen LogP contribution in [0, 0.1) is 17.3 Å².